The van der Waals surface area contributed by atoms with Crippen LogP contribution in [0.25, 0.3) is 11.0 Å². The lowest BCUT2D eigenvalue weighted by molar-refractivity contribution is -0.118. The summed E-state index contributed by atoms with van der Waals surface area (Å²) in [5, 5.41) is 8.02. The van der Waals surface area contributed by atoms with Crippen LogP contribution in [-0.4, -0.2) is 33.9 Å². The minimum Gasteiger partial charge on any atom is -0.494 e. The van der Waals surface area contributed by atoms with Crippen molar-refractivity contribution in [3.05, 3.63) is 42.2 Å². The topological polar surface area (TPSA) is 78.3 Å². The van der Waals surface area contributed by atoms with Crippen LogP contribution >= 0.6 is 0 Å². The van der Waals surface area contributed by atoms with Crippen molar-refractivity contribution in [1.29, 1.82) is 0 Å². The lowest BCUT2D eigenvalue weighted by Crippen LogP contribution is -2.20. The number of carbonyl (C=O) groups excluding carboxylic acids is 1. The Kier molecular flexibility index (Phi) is 5.36. The largest absolute Gasteiger partial charge is 0.494 e. The fourth-order valence-electron chi connectivity index (χ4n) is 2.57. The number of nitrogens with one attached hydrogen (secondary N) is 1. The number of aromatic nitrogens is 3. The maximum absolute atomic E-state index is 12.1. The van der Waals surface area contributed by atoms with Gasteiger partial charge in [0.15, 0.2) is 12.3 Å². The van der Waals surface area contributed by atoms with Crippen LogP contribution < -0.4 is 14.8 Å². The van der Waals surface area contributed by atoms with Crippen molar-refractivity contribution < 1.29 is 14.3 Å². The summed E-state index contributed by atoms with van der Waals surface area (Å²) in [6.07, 6.45) is 2.57. The number of hydrogen-bond acceptors (Lipinski definition) is 5. The molecule has 0 atom stereocenters. The van der Waals surface area contributed by atoms with Crippen LogP contribution in [0.4, 0.5) is 5.69 Å². The zero-order valence-corrected chi connectivity index (χ0v) is 15.2. The second kappa shape index (κ2) is 7.86. The van der Waals surface area contributed by atoms with Gasteiger partial charge in [0.2, 0.25) is 0 Å². The first-order valence-corrected chi connectivity index (χ1v) is 8.51. The van der Waals surface area contributed by atoms with Crippen molar-refractivity contribution in [2.24, 2.45) is 7.05 Å². The third-order valence-corrected chi connectivity index (χ3v) is 3.81. The van der Waals surface area contributed by atoms with Crippen LogP contribution in [0.2, 0.25) is 0 Å². The Morgan fingerprint density at radius 1 is 1.19 bits per heavy atom. The van der Waals surface area contributed by atoms with Crippen LogP contribution in [0.1, 0.15) is 19.0 Å². The number of hydrogen-bond donors (Lipinski definition) is 1. The summed E-state index contributed by atoms with van der Waals surface area (Å²) < 4.78 is 12.7. The number of benzene rings is 1. The maximum atomic E-state index is 12.1. The molecule has 2 heterocycles. The summed E-state index contributed by atoms with van der Waals surface area (Å²) in [6.45, 7) is 4.56. The fourth-order valence-corrected chi connectivity index (χ4v) is 2.57. The molecule has 0 saturated heterocycles. The number of ether oxygens (including phenoxy) is 2. The van der Waals surface area contributed by atoms with Crippen LogP contribution in [0.15, 0.2) is 36.5 Å². The van der Waals surface area contributed by atoms with Gasteiger partial charge in [0, 0.05) is 12.4 Å². The third-order valence-electron chi connectivity index (χ3n) is 3.81. The number of rotatable bonds is 7. The van der Waals surface area contributed by atoms with Crippen LogP contribution in [0, 0.1) is 6.92 Å². The van der Waals surface area contributed by atoms with Gasteiger partial charge in [-0.1, -0.05) is 6.92 Å². The zero-order chi connectivity index (χ0) is 18.5. The molecule has 0 aliphatic heterocycles. The SMILES string of the molecule is CCCOc1ccc(OCC(=O)Nc2cnc3c(c2)c(C)nn3C)cc1. The Labute approximate surface area is 151 Å². The number of fused-ring (bicyclic) bond motifs is 1. The van der Waals surface area contributed by atoms with Crippen molar-refractivity contribution in [2.45, 2.75) is 20.3 Å². The number of anilines is 1. The van der Waals surface area contributed by atoms with E-state index in [2.05, 4.69) is 22.3 Å². The normalized spacial score (nSPS) is 10.7. The first kappa shape index (κ1) is 17.7. The summed E-state index contributed by atoms with van der Waals surface area (Å²) in [4.78, 5) is 16.4. The van der Waals surface area contributed by atoms with E-state index in [4.69, 9.17) is 9.47 Å². The molecule has 0 unspecified atom stereocenters. The average Bonchev–Trinajstić information content (AvgIpc) is 2.93. The zero-order valence-electron chi connectivity index (χ0n) is 15.2. The lowest BCUT2D eigenvalue weighted by atomic mass is 10.2. The van der Waals surface area contributed by atoms with Crippen molar-refractivity contribution in [3.8, 4) is 11.5 Å². The van der Waals surface area contributed by atoms with Gasteiger partial charge in [-0.15, -0.1) is 0 Å². The highest BCUT2D eigenvalue weighted by Gasteiger charge is 2.09. The number of nitrogens with zero attached hydrogens (tertiary/aromatic N) is 3. The highest BCUT2D eigenvalue weighted by Crippen LogP contribution is 2.20. The molecule has 7 nitrogen and oxygen atoms in total. The van der Waals surface area contributed by atoms with Gasteiger partial charge in [0.25, 0.3) is 5.91 Å². The Morgan fingerprint density at radius 2 is 1.88 bits per heavy atom. The second-order valence-electron chi connectivity index (χ2n) is 5.96. The molecule has 0 spiro atoms. The molecular weight excluding hydrogens is 332 g/mol. The Hall–Kier alpha value is -3.09. The van der Waals surface area contributed by atoms with Gasteiger partial charge in [-0.2, -0.15) is 5.10 Å². The lowest BCUT2D eigenvalue weighted by Gasteiger charge is -2.09. The number of carbonyl (C=O) groups is 1. The van der Waals surface area contributed by atoms with Crippen LogP contribution in [-0.2, 0) is 11.8 Å². The molecule has 3 rings (SSSR count). The van der Waals surface area contributed by atoms with E-state index in [1.165, 1.54) is 0 Å². The van der Waals surface area contributed by atoms with Gasteiger partial charge in [-0.25, -0.2) is 4.98 Å². The maximum Gasteiger partial charge on any atom is 0.262 e. The third kappa shape index (κ3) is 4.11. The minimum absolute atomic E-state index is 0.0841. The second-order valence-corrected chi connectivity index (χ2v) is 5.96. The summed E-state index contributed by atoms with van der Waals surface area (Å²) in [5.74, 6) is 1.15. The van der Waals surface area contributed by atoms with Crippen molar-refractivity contribution in [3.63, 3.8) is 0 Å². The Balaban J connectivity index is 1.56. The minimum atomic E-state index is -0.251. The summed E-state index contributed by atoms with van der Waals surface area (Å²) in [5.41, 5.74) is 2.26. The molecule has 26 heavy (non-hydrogen) atoms. The van der Waals surface area contributed by atoms with E-state index in [0.29, 0.717) is 18.0 Å². The Bertz CT molecular complexity index is 903. The molecule has 136 valence electrons. The molecule has 0 bridgehead atoms. The van der Waals surface area contributed by atoms with Gasteiger partial charge < -0.3 is 14.8 Å². The van der Waals surface area contributed by atoms with E-state index >= 15 is 0 Å². The monoisotopic (exact) mass is 354 g/mol. The molecule has 0 fully saturated rings. The molecule has 0 saturated carbocycles. The van der Waals surface area contributed by atoms with Crippen molar-refractivity contribution in [1.82, 2.24) is 14.8 Å². The molecule has 0 radical (unpaired) electrons. The van der Waals surface area contributed by atoms with Gasteiger partial charge in [-0.05, 0) is 43.7 Å². The predicted octanol–water partition coefficient (Wildman–Crippen LogP) is 3.08. The van der Waals surface area contributed by atoms with Gasteiger partial charge >= 0.3 is 0 Å². The first-order chi connectivity index (χ1) is 12.6. The Morgan fingerprint density at radius 3 is 2.58 bits per heavy atom. The molecule has 2 aromatic heterocycles. The number of amides is 1. The standard InChI is InChI=1S/C19H22N4O3/c1-4-9-25-15-5-7-16(8-6-15)26-12-18(24)21-14-10-17-13(2)22-23(3)19(17)20-11-14/h5-8,10-11H,4,9,12H2,1-3H3,(H,21,24). The van der Waals surface area contributed by atoms with E-state index in [9.17, 15) is 4.79 Å². The van der Waals surface area contributed by atoms with Gasteiger partial charge in [0.05, 0.1) is 24.2 Å². The molecule has 7 heteroatoms. The number of pyridine rings is 1. The van der Waals surface area contributed by atoms with Crippen molar-refractivity contribution in [2.75, 3.05) is 18.5 Å². The molecule has 3 aromatic rings. The molecule has 0 aliphatic rings. The van der Waals surface area contributed by atoms with E-state index < -0.39 is 0 Å². The highest BCUT2D eigenvalue weighted by atomic mass is 16.5. The average molecular weight is 354 g/mol. The van der Waals surface area contributed by atoms with E-state index in [0.717, 1.165) is 28.9 Å². The quantitative estimate of drug-likeness (QED) is 0.705. The van der Waals surface area contributed by atoms with Gasteiger partial charge in [0.1, 0.15) is 11.5 Å². The fraction of sp³-hybridized carbons (Fsp3) is 0.316. The summed E-state index contributed by atoms with van der Waals surface area (Å²) in [6, 6.07) is 9.08. The van der Waals surface area contributed by atoms with E-state index in [1.54, 1.807) is 23.0 Å². The first-order valence-electron chi connectivity index (χ1n) is 8.51. The molecule has 1 N–H and O–H groups in total. The van der Waals surface area contributed by atoms with E-state index in [1.807, 2.05) is 32.2 Å². The molecular formula is C19H22N4O3. The highest BCUT2D eigenvalue weighted by molar-refractivity contribution is 5.94. The molecule has 1 aromatic carbocycles. The van der Waals surface area contributed by atoms with Gasteiger partial charge in [-0.3, -0.25) is 9.48 Å². The summed E-state index contributed by atoms with van der Waals surface area (Å²) in [7, 11) is 1.84. The molecule has 0 aliphatic carbocycles. The summed E-state index contributed by atoms with van der Waals surface area (Å²) >= 11 is 0. The predicted molar refractivity (Wildman–Crippen MR) is 99.6 cm³/mol. The van der Waals surface area contributed by atoms with Crippen LogP contribution in [0.3, 0.4) is 0 Å². The number of aryl methyl sites for hydroxylation is 2. The van der Waals surface area contributed by atoms with Crippen molar-refractivity contribution >= 4 is 22.6 Å². The van der Waals surface area contributed by atoms with E-state index in [-0.39, 0.29) is 12.5 Å². The smallest absolute Gasteiger partial charge is 0.262 e. The van der Waals surface area contributed by atoms with Crippen LogP contribution in [0.5, 0.6) is 11.5 Å². The molecule has 1 amide bonds.